The number of hydrogen-bond donors (Lipinski definition) is 1. The minimum absolute atomic E-state index is 0.0381. The first-order valence-electron chi connectivity index (χ1n) is 7.83. The van der Waals surface area contributed by atoms with Crippen LogP contribution in [-0.2, 0) is 11.3 Å². The first-order chi connectivity index (χ1) is 11.5. The SMILES string of the molecule is CC(=O)N1CCC[C@@H]1c1cncc(CNC(=O)c2coc(C)n2)n1. The predicted molar refractivity (Wildman–Crippen MR) is 83.8 cm³/mol. The summed E-state index contributed by atoms with van der Waals surface area (Å²) in [6.07, 6.45) is 6.43. The Balaban J connectivity index is 1.67. The molecule has 8 nitrogen and oxygen atoms in total. The van der Waals surface area contributed by atoms with Crippen molar-refractivity contribution in [2.75, 3.05) is 6.54 Å². The van der Waals surface area contributed by atoms with Gasteiger partial charge in [-0.1, -0.05) is 0 Å². The standard InChI is InChI=1S/C16H19N5O3/c1-10-19-14(9-24-10)16(23)18-7-12-6-17-8-13(20-12)15-4-3-5-21(15)11(2)22/h6,8-9,15H,3-5,7H2,1-2H3,(H,18,23)/t15-/m1/s1. The lowest BCUT2D eigenvalue weighted by Crippen LogP contribution is -2.29. The number of oxazole rings is 1. The molecule has 0 aliphatic carbocycles. The van der Waals surface area contributed by atoms with Gasteiger partial charge in [0.05, 0.1) is 36.4 Å². The molecule has 3 heterocycles. The maximum absolute atomic E-state index is 12.0. The van der Waals surface area contributed by atoms with Crippen molar-refractivity contribution in [1.29, 1.82) is 0 Å². The molecule has 0 aromatic carbocycles. The van der Waals surface area contributed by atoms with E-state index in [2.05, 4.69) is 20.3 Å². The molecule has 8 heteroatoms. The van der Waals surface area contributed by atoms with E-state index in [0.717, 1.165) is 25.1 Å². The van der Waals surface area contributed by atoms with E-state index < -0.39 is 0 Å². The second kappa shape index (κ2) is 6.77. The molecule has 1 N–H and O–H groups in total. The molecule has 0 radical (unpaired) electrons. The maximum Gasteiger partial charge on any atom is 0.273 e. The molecule has 0 spiro atoms. The summed E-state index contributed by atoms with van der Waals surface area (Å²) in [6, 6.07) is -0.0381. The number of carbonyl (C=O) groups excluding carboxylic acids is 2. The quantitative estimate of drug-likeness (QED) is 0.909. The first kappa shape index (κ1) is 16.1. The molecule has 2 amide bonds. The van der Waals surface area contributed by atoms with E-state index in [4.69, 9.17) is 4.42 Å². The fourth-order valence-corrected chi connectivity index (χ4v) is 2.85. The van der Waals surface area contributed by atoms with Crippen molar-refractivity contribution < 1.29 is 14.0 Å². The molecular weight excluding hydrogens is 310 g/mol. The Hall–Kier alpha value is -2.77. The normalized spacial score (nSPS) is 17.1. The molecule has 1 aliphatic heterocycles. The van der Waals surface area contributed by atoms with Crippen LogP contribution in [0.25, 0.3) is 0 Å². The van der Waals surface area contributed by atoms with Gasteiger partial charge in [-0.3, -0.25) is 19.6 Å². The highest BCUT2D eigenvalue weighted by Crippen LogP contribution is 2.30. The Labute approximate surface area is 139 Å². The summed E-state index contributed by atoms with van der Waals surface area (Å²) in [5.74, 6) is 0.150. The number of carbonyl (C=O) groups is 2. The largest absolute Gasteiger partial charge is 0.448 e. The number of amides is 2. The van der Waals surface area contributed by atoms with Crippen LogP contribution >= 0.6 is 0 Å². The molecule has 1 atom stereocenters. The Morgan fingerprint density at radius 2 is 2.21 bits per heavy atom. The van der Waals surface area contributed by atoms with Crippen molar-refractivity contribution in [3.8, 4) is 0 Å². The monoisotopic (exact) mass is 329 g/mol. The molecule has 126 valence electrons. The topological polar surface area (TPSA) is 101 Å². The lowest BCUT2D eigenvalue weighted by Gasteiger charge is -2.22. The number of rotatable bonds is 4. The number of likely N-dealkylation sites (tertiary alicyclic amines) is 1. The Morgan fingerprint density at radius 3 is 2.92 bits per heavy atom. The Morgan fingerprint density at radius 1 is 1.38 bits per heavy atom. The summed E-state index contributed by atoms with van der Waals surface area (Å²) in [5.41, 5.74) is 1.62. The molecule has 0 saturated carbocycles. The van der Waals surface area contributed by atoms with Crippen molar-refractivity contribution in [2.45, 2.75) is 39.3 Å². The summed E-state index contributed by atoms with van der Waals surface area (Å²) in [4.78, 5) is 38.2. The van der Waals surface area contributed by atoms with Crippen molar-refractivity contribution in [3.63, 3.8) is 0 Å². The Bertz CT molecular complexity index is 758. The number of nitrogens with one attached hydrogen (secondary N) is 1. The average Bonchev–Trinajstić information content (AvgIpc) is 3.22. The number of hydrogen-bond acceptors (Lipinski definition) is 6. The fourth-order valence-electron chi connectivity index (χ4n) is 2.85. The highest BCUT2D eigenvalue weighted by atomic mass is 16.3. The first-order valence-corrected chi connectivity index (χ1v) is 7.83. The van der Waals surface area contributed by atoms with Gasteiger partial charge in [0.1, 0.15) is 6.26 Å². The smallest absolute Gasteiger partial charge is 0.273 e. The van der Waals surface area contributed by atoms with Gasteiger partial charge in [0.2, 0.25) is 5.91 Å². The molecular formula is C16H19N5O3. The van der Waals surface area contributed by atoms with Gasteiger partial charge in [-0.05, 0) is 12.8 Å². The minimum atomic E-state index is -0.328. The zero-order valence-electron chi connectivity index (χ0n) is 13.7. The van der Waals surface area contributed by atoms with Crippen LogP contribution in [0.4, 0.5) is 0 Å². The summed E-state index contributed by atoms with van der Waals surface area (Å²) >= 11 is 0. The van der Waals surface area contributed by atoms with Gasteiger partial charge < -0.3 is 14.6 Å². The molecule has 24 heavy (non-hydrogen) atoms. The second-order valence-corrected chi connectivity index (χ2v) is 5.74. The zero-order chi connectivity index (χ0) is 17.1. The van der Waals surface area contributed by atoms with Gasteiger partial charge in [0.25, 0.3) is 5.91 Å². The summed E-state index contributed by atoms with van der Waals surface area (Å²) in [7, 11) is 0. The van der Waals surface area contributed by atoms with E-state index in [1.54, 1.807) is 26.2 Å². The molecule has 2 aromatic rings. The lowest BCUT2D eigenvalue weighted by molar-refractivity contribution is -0.129. The van der Waals surface area contributed by atoms with Crippen molar-refractivity contribution in [1.82, 2.24) is 25.2 Å². The van der Waals surface area contributed by atoms with Crippen LogP contribution in [0, 0.1) is 6.92 Å². The van der Waals surface area contributed by atoms with E-state index >= 15 is 0 Å². The molecule has 1 fully saturated rings. The highest BCUT2D eigenvalue weighted by Gasteiger charge is 2.29. The highest BCUT2D eigenvalue weighted by molar-refractivity contribution is 5.91. The van der Waals surface area contributed by atoms with Crippen molar-refractivity contribution in [2.24, 2.45) is 0 Å². The zero-order valence-corrected chi connectivity index (χ0v) is 13.7. The van der Waals surface area contributed by atoms with Gasteiger partial charge in [-0.15, -0.1) is 0 Å². The van der Waals surface area contributed by atoms with Gasteiger partial charge in [-0.25, -0.2) is 4.98 Å². The van der Waals surface area contributed by atoms with E-state index in [-0.39, 0.29) is 30.1 Å². The van der Waals surface area contributed by atoms with Crippen LogP contribution in [-0.4, -0.2) is 38.2 Å². The minimum Gasteiger partial charge on any atom is -0.448 e. The fraction of sp³-hybridized carbons (Fsp3) is 0.438. The number of aryl methyl sites for hydroxylation is 1. The van der Waals surface area contributed by atoms with E-state index in [0.29, 0.717) is 11.6 Å². The van der Waals surface area contributed by atoms with Crippen molar-refractivity contribution >= 4 is 11.8 Å². The van der Waals surface area contributed by atoms with Gasteiger partial charge in [0, 0.05) is 20.4 Å². The molecule has 1 saturated heterocycles. The van der Waals surface area contributed by atoms with Crippen LogP contribution < -0.4 is 5.32 Å². The van der Waals surface area contributed by atoms with Gasteiger partial charge in [-0.2, -0.15) is 0 Å². The van der Waals surface area contributed by atoms with Gasteiger partial charge in [0.15, 0.2) is 11.6 Å². The molecule has 1 aliphatic rings. The van der Waals surface area contributed by atoms with E-state index in [9.17, 15) is 9.59 Å². The third kappa shape index (κ3) is 3.42. The van der Waals surface area contributed by atoms with E-state index in [1.807, 2.05) is 4.90 Å². The molecule has 2 aromatic heterocycles. The van der Waals surface area contributed by atoms with Crippen LogP contribution in [0.1, 0.15) is 53.6 Å². The van der Waals surface area contributed by atoms with Crippen molar-refractivity contribution in [3.05, 3.63) is 41.6 Å². The summed E-state index contributed by atoms with van der Waals surface area (Å²) in [5, 5.41) is 2.74. The van der Waals surface area contributed by atoms with Crippen LogP contribution in [0.2, 0.25) is 0 Å². The molecule has 3 rings (SSSR count). The van der Waals surface area contributed by atoms with E-state index in [1.165, 1.54) is 6.26 Å². The summed E-state index contributed by atoms with van der Waals surface area (Å²) < 4.78 is 5.02. The van der Waals surface area contributed by atoms with Crippen LogP contribution in [0.5, 0.6) is 0 Å². The third-order valence-corrected chi connectivity index (χ3v) is 3.98. The van der Waals surface area contributed by atoms with Crippen LogP contribution in [0.15, 0.2) is 23.1 Å². The third-order valence-electron chi connectivity index (χ3n) is 3.98. The predicted octanol–water partition coefficient (Wildman–Crippen LogP) is 1.39. The maximum atomic E-state index is 12.0. The Kier molecular flexibility index (Phi) is 4.54. The molecule has 0 unspecified atom stereocenters. The second-order valence-electron chi connectivity index (χ2n) is 5.74. The lowest BCUT2D eigenvalue weighted by atomic mass is 10.1. The molecule has 0 bridgehead atoms. The average molecular weight is 329 g/mol. The number of aromatic nitrogens is 3. The number of nitrogens with zero attached hydrogens (tertiary/aromatic N) is 4. The van der Waals surface area contributed by atoms with Gasteiger partial charge >= 0.3 is 0 Å². The van der Waals surface area contributed by atoms with Crippen LogP contribution in [0.3, 0.4) is 0 Å². The summed E-state index contributed by atoms with van der Waals surface area (Å²) in [6.45, 7) is 4.22.